The van der Waals surface area contributed by atoms with Crippen LogP contribution in [-0.4, -0.2) is 70.7 Å². The summed E-state index contributed by atoms with van der Waals surface area (Å²) in [6.07, 6.45) is 34.6. The Morgan fingerprint density at radius 3 is 1.75 bits per heavy atom. The van der Waals surface area contributed by atoms with Crippen LogP contribution >= 0.6 is 7.82 Å². The van der Waals surface area contributed by atoms with E-state index in [-0.39, 0.29) is 25.8 Å². The highest BCUT2D eigenvalue weighted by Gasteiger charge is 2.20. The van der Waals surface area contributed by atoms with E-state index in [0.29, 0.717) is 24.1 Å². The number of quaternary nitrogens is 1. The number of carbonyl (C=O) groups is 1. The maximum atomic E-state index is 12.6. The Hall–Kier alpha value is -1.02. The molecule has 0 saturated heterocycles. The summed E-state index contributed by atoms with van der Waals surface area (Å²) >= 11 is 0. The summed E-state index contributed by atoms with van der Waals surface area (Å²) in [4.78, 5) is 24.9. The van der Waals surface area contributed by atoms with Crippen molar-refractivity contribution in [1.29, 1.82) is 0 Å². The number of carbonyl (C=O) groups excluding carboxylic acids is 1. The molecule has 9 heteroatoms. The summed E-state index contributed by atoms with van der Waals surface area (Å²) in [5.74, 6) is -0.340. The third-order valence-corrected chi connectivity index (χ3v) is 9.22. The van der Waals surface area contributed by atoms with Gasteiger partial charge in [-0.05, 0) is 38.5 Å². The van der Waals surface area contributed by atoms with Crippen LogP contribution < -0.4 is 4.89 Å². The predicted molar refractivity (Wildman–Crippen MR) is 199 cm³/mol. The number of allylic oxidation sites excluding steroid dienone is 4. The number of hydrogen-bond acceptors (Lipinski definition) is 7. The number of unbranched alkanes of at least 4 members (excludes halogenated alkanes) is 18. The van der Waals surface area contributed by atoms with Gasteiger partial charge in [0.25, 0.3) is 7.82 Å². The molecule has 0 aromatic rings. The van der Waals surface area contributed by atoms with Crippen LogP contribution in [-0.2, 0) is 27.9 Å². The minimum Gasteiger partial charge on any atom is -0.756 e. The average molecular weight is 702 g/mol. The molecule has 0 radical (unpaired) electrons. The van der Waals surface area contributed by atoms with Crippen molar-refractivity contribution in [3.63, 3.8) is 0 Å². The molecule has 0 aromatic carbocycles. The first-order chi connectivity index (χ1) is 23.1. The van der Waals surface area contributed by atoms with E-state index in [2.05, 4.69) is 38.2 Å². The van der Waals surface area contributed by atoms with E-state index in [0.717, 1.165) is 51.4 Å². The fraction of sp³-hybridized carbons (Fsp3) is 0.872. The molecular formula is C39H76NO7P. The molecule has 0 bridgehead atoms. The SMILES string of the molecule is CCCC/C=C\C/C=C\CCCCCCCCOCC(COP(=O)([O-])OCC[N+](C)(C)C)OC(=O)CCCCCCCCCCCCC. The maximum Gasteiger partial charge on any atom is 0.306 e. The smallest absolute Gasteiger partial charge is 0.306 e. The van der Waals surface area contributed by atoms with Gasteiger partial charge in [0.2, 0.25) is 0 Å². The zero-order valence-electron chi connectivity index (χ0n) is 31.9. The van der Waals surface area contributed by atoms with Gasteiger partial charge in [-0.1, -0.05) is 141 Å². The Labute approximate surface area is 296 Å². The van der Waals surface area contributed by atoms with E-state index in [1.807, 2.05) is 21.1 Å². The molecule has 2 atom stereocenters. The second-order valence-electron chi connectivity index (χ2n) is 14.3. The van der Waals surface area contributed by atoms with Crippen LogP contribution in [0.4, 0.5) is 0 Å². The lowest BCUT2D eigenvalue weighted by atomic mass is 10.1. The minimum absolute atomic E-state index is 0.0254. The first-order valence-electron chi connectivity index (χ1n) is 19.6. The van der Waals surface area contributed by atoms with Gasteiger partial charge in [-0.3, -0.25) is 9.36 Å². The second kappa shape index (κ2) is 33.1. The number of likely N-dealkylation sites (N-methyl/N-ethyl adjacent to an activating group) is 1. The van der Waals surface area contributed by atoms with Gasteiger partial charge in [-0.2, -0.15) is 0 Å². The van der Waals surface area contributed by atoms with Gasteiger partial charge in [-0.15, -0.1) is 0 Å². The standard InChI is InChI=1S/C39H76NO7P/c1-6-8-10-12-14-16-18-19-20-21-23-25-27-29-31-34-44-36-38(37-46-48(42,43)45-35-33-40(3,4)5)47-39(41)32-30-28-26-24-22-17-15-13-11-9-7-2/h12,14,18-19,38H,6-11,13,15-17,20-37H2,1-5H3/b14-12-,19-18-. The predicted octanol–water partition coefficient (Wildman–Crippen LogP) is 10.2. The summed E-state index contributed by atoms with van der Waals surface area (Å²) in [5.41, 5.74) is 0. The summed E-state index contributed by atoms with van der Waals surface area (Å²) in [5, 5.41) is 0. The molecular weight excluding hydrogens is 625 g/mol. The highest BCUT2D eigenvalue weighted by atomic mass is 31.2. The van der Waals surface area contributed by atoms with Gasteiger partial charge < -0.3 is 27.9 Å². The Bertz CT molecular complexity index is 828. The van der Waals surface area contributed by atoms with Crippen molar-refractivity contribution < 1.29 is 37.3 Å². The third-order valence-electron chi connectivity index (χ3n) is 8.26. The van der Waals surface area contributed by atoms with Gasteiger partial charge in [0.1, 0.15) is 19.3 Å². The Morgan fingerprint density at radius 1 is 0.646 bits per heavy atom. The van der Waals surface area contributed by atoms with Crippen LogP contribution in [0.2, 0.25) is 0 Å². The minimum atomic E-state index is -4.52. The normalized spacial score (nSPS) is 14.2. The van der Waals surface area contributed by atoms with Crippen LogP contribution in [0.3, 0.4) is 0 Å². The molecule has 0 saturated carbocycles. The number of phosphoric acid groups is 1. The molecule has 0 amide bonds. The largest absolute Gasteiger partial charge is 0.756 e. The number of hydrogen-bond donors (Lipinski definition) is 0. The van der Waals surface area contributed by atoms with Gasteiger partial charge in [0.05, 0.1) is 34.4 Å². The Kier molecular flexibility index (Phi) is 32.4. The molecule has 0 spiro atoms. The fourth-order valence-electron chi connectivity index (χ4n) is 5.15. The quantitative estimate of drug-likeness (QED) is 0.0211. The van der Waals surface area contributed by atoms with Crippen LogP contribution in [0.25, 0.3) is 0 Å². The summed E-state index contributed by atoms with van der Waals surface area (Å²) in [6.45, 7) is 5.34. The van der Waals surface area contributed by atoms with E-state index >= 15 is 0 Å². The number of phosphoric ester groups is 1. The zero-order valence-corrected chi connectivity index (χ0v) is 32.8. The van der Waals surface area contributed by atoms with Crippen molar-refractivity contribution in [1.82, 2.24) is 0 Å². The Morgan fingerprint density at radius 2 is 1.17 bits per heavy atom. The topological polar surface area (TPSA) is 94.1 Å². The van der Waals surface area contributed by atoms with Crippen LogP contribution in [0, 0.1) is 0 Å². The molecule has 0 aliphatic heterocycles. The van der Waals surface area contributed by atoms with E-state index in [1.54, 1.807) is 0 Å². The lowest BCUT2D eigenvalue weighted by Crippen LogP contribution is -2.37. The number of rotatable bonds is 36. The lowest BCUT2D eigenvalue weighted by molar-refractivity contribution is -0.870. The molecule has 284 valence electrons. The highest BCUT2D eigenvalue weighted by molar-refractivity contribution is 7.45. The van der Waals surface area contributed by atoms with Gasteiger partial charge in [-0.25, -0.2) is 0 Å². The molecule has 0 rings (SSSR count). The maximum absolute atomic E-state index is 12.6. The van der Waals surface area contributed by atoms with Crippen molar-refractivity contribution in [3.05, 3.63) is 24.3 Å². The molecule has 8 nitrogen and oxygen atoms in total. The van der Waals surface area contributed by atoms with E-state index in [4.69, 9.17) is 18.5 Å². The van der Waals surface area contributed by atoms with Gasteiger partial charge in [0.15, 0.2) is 0 Å². The highest BCUT2D eigenvalue weighted by Crippen LogP contribution is 2.38. The van der Waals surface area contributed by atoms with Crippen LogP contribution in [0.1, 0.15) is 162 Å². The molecule has 0 aromatic heterocycles. The van der Waals surface area contributed by atoms with Crippen LogP contribution in [0.15, 0.2) is 24.3 Å². The molecule has 0 N–H and O–H groups in total. The molecule has 48 heavy (non-hydrogen) atoms. The van der Waals surface area contributed by atoms with Crippen molar-refractivity contribution in [2.45, 2.75) is 168 Å². The van der Waals surface area contributed by atoms with E-state index in [1.165, 1.54) is 89.9 Å². The van der Waals surface area contributed by atoms with Crippen molar-refractivity contribution in [3.8, 4) is 0 Å². The average Bonchev–Trinajstić information content (AvgIpc) is 3.03. The fourth-order valence-corrected chi connectivity index (χ4v) is 5.88. The van der Waals surface area contributed by atoms with Crippen molar-refractivity contribution in [2.24, 2.45) is 0 Å². The first kappa shape index (κ1) is 47.0. The van der Waals surface area contributed by atoms with Gasteiger partial charge in [0, 0.05) is 13.0 Å². The Balaban J connectivity index is 4.29. The molecule has 0 fully saturated rings. The molecule has 0 heterocycles. The van der Waals surface area contributed by atoms with Gasteiger partial charge >= 0.3 is 5.97 Å². The summed E-state index contributed by atoms with van der Waals surface area (Å²) in [6, 6.07) is 0. The van der Waals surface area contributed by atoms with Crippen molar-refractivity contribution in [2.75, 3.05) is 54.1 Å². The van der Waals surface area contributed by atoms with E-state index in [9.17, 15) is 14.3 Å². The molecule has 2 unspecified atom stereocenters. The number of ether oxygens (including phenoxy) is 2. The molecule has 0 aliphatic carbocycles. The van der Waals surface area contributed by atoms with Crippen LogP contribution in [0.5, 0.6) is 0 Å². The number of nitrogens with zero attached hydrogens (tertiary/aromatic N) is 1. The van der Waals surface area contributed by atoms with Crippen molar-refractivity contribution >= 4 is 13.8 Å². The zero-order chi connectivity index (χ0) is 35.6. The monoisotopic (exact) mass is 702 g/mol. The third kappa shape index (κ3) is 36.3. The van der Waals surface area contributed by atoms with E-state index < -0.39 is 13.9 Å². The first-order valence-corrected chi connectivity index (χ1v) is 21.0. The summed E-state index contributed by atoms with van der Waals surface area (Å²) < 4.78 is 34.4. The molecule has 0 aliphatic rings. The number of esters is 1. The summed E-state index contributed by atoms with van der Waals surface area (Å²) in [7, 11) is 1.35. The second-order valence-corrected chi connectivity index (χ2v) is 15.7. The lowest BCUT2D eigenvalue weighted by Gasteiger charge is -2.28.